The maximum absolute atomic E-state index is 13.1. The van der Waals surface area contributed by atoms with E-state index >= 15 is 0 Å². The number of ether oxygens (including phenoxy) is 1. The first-order chi connectivity index (χ1) is 7.11. The van der Waals surface area contributed by atoms with E-state index in [1.165, 1.54) is 13.2 Å². The van der Waals surface area contributed by atoms with Gasteiger partial charge in [-0.3, -0.25) is 0 Å². The molecule has 1 rings (SSSR count). The molecule has 4 heteroatoms. The van der Waals surface area contributed by atoms with E-state index in [9.17, 15) is 9.18 Å². The molecule has 1 aromatic rings. The zero-order chi connectivity index (χ0) is 11.4. The van der Waals surface area contributed by atoms with E-state index in [4.69, 9.17) is 16.3 Å². The average Bonchev–Trinajstić information content (AvgIpc) is 2.22. The van der Waals surface area contributed by atoms with Crippen LogP contribution in [-0.4, -0.2) is 13.4 Å². The fraction of sp³-hybridized carbons (Fsp3) is 0.364. The van der Waals surface area contributed by atoms with Crippen molar-refractivity contribution in [2.45, 2.75) is 19.3 Å². The van der Waals surface area contributed by atoms with Crippen LogP contribution < -0.4 is 4.74 Å². The number of halogens is 2. The van der Waals surface area contributed by atoms with E-state index in [-0.39, 0.29) is 10.9 Å². The number of methoxy groups -OCH3 is 1. The Bertz CT molecular complexity index is 366. The van der Waals surface area contributed by atoms with Gasteiger partial charge in [-0.25, -0.2) is 4.39 Å². The summed E-state index contributed by atoms with van der Waals surface area (Å²) in [5.74, 6) is -0.239. The van der Waals surface area contributed by atoms with Gasteiger partial charge in [0.25, 0.3) is 0 Å². The lowest BCUT2D eigenvalue weighted by Gasteiger charge is -2.14. The molecule has 0 heterocycles. The fourth-order valence-corrected chi connectivity index (χ4v) is 1.66. The van der Waals surface area contributed by atoms with Crippen molar-refractivity contribution in [3.05, 3.63) is 28.5 Å². The molecule has 82 valence electrons. The van der Waals surface area contributed by atoms with Crippen molar-refractivity contribution in [2.75, 3.05) is 7.11 Å². The molecule has 0 aliphatic heterocycles. The maximum Gasteiger partial charge on any atom is 0.145 e. The summed E-state index contributed by atoms with van der Waals surface area (Å²) in [6.07, 6.45) is 1.18. The number of carbonyl (C=O) groups excluding carboxylic acids is 1. The van der Waals surface area contributed by atoms with E-state index < -0.39 is 5.82 Å². The molecule has 0 radical (unpaired) electrons. The third kappa shape index (κ3) is 2.48. The van der Waals surface area contributed by atoms with Gasteiger partial charge in [0.1, 0.15) is 22.9 Å². The van der Waals surface area contributed by atoms with Crippen LogP contribution >= 0.6 is 11.6 Å². The van der Waals surface area contributed by atoms with Crippen LogP contribution in [0.3, 0.4) is 0 Å². The van der Waals surface area contributed by atoms with Crippen molar-refractivity contribution < 1.29 is 13.9 Å². The molecule has 0 spiro atoms. The fourth-order valence-electron chi connectivity index (χ4n) is 1.41. The SMILES string of the molecule is COc1c(C(C)CC=O)ccc(F)c1Cl. The van der Waals surface area contributed by atoms with Crippen molar-refractivity contribution in [3.63, 3.8) is 0 Å². The summed E-state index contributed by atoms with van der Waals surface area (Å²) >= 11 is 5.75. The molecule has 0 N–H and O–H groups in total. The molecule has 1 aromatic carbocycles. The van der Waals surface area contributed by atoms with Gasteiger partial charge in [0.2, 0.25) is 0 Å². The molecule has 0 amide bonds. The monoisotopic (exact) mass is 230 g/mol. The Labute approximate surface area is 93.0 Å². The Morgan fingerprint density at radius 1 is 1.60 bits per heavy atom. The Kier molecular flexibility index (Phi) is 4.09. The molecule has 0 bridgehead atoms. The van der Waals surface area contributed by atoms with Gasteiger partial charge in [0.05, 0.1) is 7.11 Å². The van der Waals surface area contributed by atoms with Gasteiger partial charge >= 0.3 is 0 Å². The molecule has 0 aliphatic rings. The molecule has 0 saturated heterocycles. The van der Waals surface area contributed by atoms with E-state index in [0.29, 0.717) is 12.2 Å². The van der Waals surface area contributed by atoms with Crippen LogP contribution in [0.4, 0.5) is 4.39 Å². The molecular weight excluding hydrogens is 219 g/mol. The topological polar surface area (TPSA) is 26.3 Å². The number of aldehydes is 1. The minimum Gasteiger partial charge on any atom is -0.495 e. The van der Waals surface area contributed by atoms with Gasteiger partial charge < -0.3 is 9.53 Å². The van der Waals surface area contributed by atoms with Gasteiger partial charge in [-0.15, -0.1) is 0 Å². The van der Waals surface area contributed by atoms with Crippen molar-refractivity contribution in [1.82, 2.24) is 0 Å². The van der Waals surface area contributed by atoms with Gasteiger partial charge in [-0.2, -0.15) is 0 Å². The molecule has 0 saturated carbocycles. The van der Waals surface area contributed by atoms with Gasteiger partial charge in [-0.05, 0) is 17.5 Å². The number of benzene rings is 1. The molecule has 0 aromatic heterocycles. The maximum atomic E-state index is 13.1. The van der Waals surface area contributed by atoms with Crippen LogP contribution in [-0.2, 0) is 4.79 Å². The number of carbonyl (C=O) groups is 1. The summed E-state index contributed by atoms with van der Waals surface area (Å²) < 4.78 is 18.2. The minimum atomic E-state index is -0.518. The molecule has 0 aliphatic carbocycles. The average molecular weight is 231 g/mol. The van der Waals surface area contributed by atoms with Crippen LogP contribution in [0, 0.1) is 5.82 Å². The van der Waals surface area contributed by atoms with Crippen LogP contribution in [0.15, 0.2) is 12.1 Å². The zero-order valence-corrected chi connectivity index (χ0v) is 9.34. The van der Waals surface area contributed by atoms with E-state index in [0.717, 1.165) is 11.8 Å². The highest BCUT2D eigenvalue weighted by Gasteiger charge is 2.16. The molecule has 0 fully saturated rings. The van der Waals surface area contributed by atoms with Crippen LogP contribution in [0.1, 0.15) is 24.8 Å². The van der Waals surface area contributed by atoms with E-state index in [1.54, 1.807) is 6.07 Å². The first kappa shape index (κ1) is 12.0. The summed E-state index contributed by atoms with van der Waals surface area (Å²) in [5, 5.41) is -0.0345. The second kappa shape index (κ2) is 5.12. The van der Waals surface area contributed by atoms with E-state index in [2.05, 4.69) is 0 Å². The standard InChI is InChI=1S/C11H12ClFO2/c1-7(5-6-14)8-3-4-9(13)10(12)11(8)15-2/h3-4,6-7H,5H2,1-2H3. The third-order valence-corrected chi connectivity index (χ3v) is 2.62. The summed E-state index contributed by atoms with van der Waals surface area (Å²) in [6.45, 7) is 1.86. The number of rotatable bonds is 4. The molecule has 1 atom stereocenters. The van der Waals surface area contributed by atoms with Crippen molar-refractivity contribution in [2.24, 2.45) is 0 Å². The lowest BCUT2D eigenvalue weighted by atomic mass is 9.97. The van der Waals surface area contributed by atoms with Crippen molar-refractivity contribution in [3.8, 4) is 5.75 Å². The summed E-state index contributed by atoms with van der Waals surface area (Å²) in [6, 6.07) is 2.87. The van der Waals surface area contributed by atoms with Gasteiger partial charge in [0, 0.05) is 6.42 Å². The van der Waals surface area contributed by atoms with Crippen LogP contribution in [0.2, 0.25) is 5.02 Å². The highest BCUT2D eigenvalue weighted by molar-refractivity contribution is 6.32. The van der Waals surface area contributed by atoms with E-state index in [1.807, 2.05) is 6.92 Å². The summed E-state index contributed by atoms with van der Waals surface area (Å²) in [7, 11) is 1.43. The Morgan fingerprint density at radius 3 is 2.80 bits per heavy atom. The molecule has 1 unspecified atom stereocenters. The lowest BCUT2D eigenvalue weighted by Crippen LogP contribution is -2.00. The summed E-state index contributed by atoms with van der Waals surface area (Å²) in [4.78, 5) is 10.4. The highest BCUT2D eigenvalue weighted by atomic mass is 35.5. The minimum absolute atomic E-state index is 0.0319. The predicted octanol–water partition coefficient (Wildman–Crippen LogP) is 3.18. The Balaban J connectivity index is 3.17. The molecular formula is C11H12ClFO2. The Hall–Kier alpha value is -1.09. The summed E-state index contributed by atoms with van der Waals surface area (Å²) in [5.41, 5.74) is 0.746. The predicted molar refractivity (Wildman–Crippen MR) is 57.1 cm³/mol. The van der Waals surface area contributed by atoms with Gasteiger partial charge in [-0.1, -0.05) is 24.6 Å². The second-order valence-electron chi connectivity index (χ2n) is 3.29. The molecule has 15 heavy (non-hydrogen) atoms. The second-order valence-corrected chi connectivity index (χ2v) is 3.67. The number of hydrogen-bond donors (Lipinski definition) is 0. The first-order valence-corrected chi connectivity index (χ1v) is 4.95. The largest absolute Gasteiger partial charge is 0.495 e. The van der Waals surface area contributed by atoms with Crippen molar-refractivity contribution in [1.29, 1.82) is 0 Å². The first-order valence-electron chi connectivity index (χ1n) is 4.57. The third-order valence-electron chi connectivity index (χ3n) is 2.27. The van der Waals surface area contributed by atoms with Gasteiger partial charge in [0.15, 0.2) is 0 Å². The molecule has 2 nitrogen and oxygen atoms in total. The highest BCUT2D eigenvalue weighted by Crippen LogP contribution is 2.36. The van der Waals surface area contributed by atoms with Crippen molar-refractivity contribution >= 4 is 17.9 Å². The zero-order valence-electron chi connectivity index (χ0n) is 8.59. The number of hydrogen-bond acceptors (Lipinski definition) is 2. The van der Waals surface area contributed by atoms with Crippen LogP contribution in [0.25, 0.3) is 0 Å². The van der Waals surface area contributed by atoms with Crippen LogP contribution in [0.5, 0.6) is 5.75 Å². The normalized spacial score (nSPS) is 12.3. The smallest absolute Gasteiger partial charge is 0.145 e. The lowest BCUT2D eigenvalue weighted by molar-refractivity contribution is -0.108. The quantitative estimate of drug-likeness (QED) is 0.743. The Morgan fingerprint density at radius 2 is 2.27 bits per heavy atom.